The maximum absolute atomic E-state index is 9.76. The summed E-state index contributed by atoms with van der Waals surface area (Å²) < 4.78 is 1.80. The van der Waals surface area contributed by atoms with Crippen LogP contribution in [0.15, 0.2) is 18.6 Å². The van der Waals surface area contributed by atoms with Crippen LogP contribution in [-0.2, 0) is 0 Å². The zero-order chi connectivity index (χ0) is 16.1. The Morgan fingerprint density at radius 1 is 1.17 bits per heavy atom. The molecule has 0 aromatic carbocycles. The Balaban J connectivity index is 1.40. The number of aliphatic hydroxyl groups is 1. The van der Waals surface area contributed by atoms with Gasteiger partial charge in [-0.05, 0) is 38.2 Å². The van der Waals surface area contributed by atoms with E-state index in [9.17, 15) is 5.11 Å². The van der Waals surface area contributed by atoms with Crippen LogP contribution >= 0.6 is 0 Å². The van der Waals surface area contributed by atoms with Gasteiger partial charge < -0.3 is 10.1 Å². The van der Waals surface area contributed by atoms with Crippen molar-refractivity contribution in [3.05, 3.63) is 24.3 Å². The van der Waals surface area contributed by atoms with Crippen LogP contribution in [0.1, 0.15) is 43.7 Å². The summed E-state index contributed by atoms with van der Waals surface area (Å²) in [6, 6.07) is 2.68. The molecule has 0 unspecified atom stereocenters. The van der Waals surface area contributed by atoms with Crippen LogP contribution in [0.25, 0.3) is 16.6 Å². The number of hydrogen-bond donors (Lipinski definition) is 2. The van der Waals surface area contributed by atoms with Crippen LogP contribution in [0.4, 0.5) is 0 Å². The summed E-state index contributed by atoms with van der Waals surface area (Å²) in [5, 5.41) is 19.6. The van der Waals surface area contributed by atoms with Crippen LogP contribution < -0.4 is 0 Å². The fourth-order valence-corrected chi connectivity index (χ4v) is 4.51. The van der Waals surface area contributed by atoms with Crippen LogP contribution in [0, 0.1) is 0 Å². The molecule has 1 saturated heterocycles. The molecular weight excluding hydrogens is 304 g/mol. The summed E-state index contributed by atoms with van der Waals surface area (Å²) in [7, 11) is 0. The van der Waals surface area contributed by atoms with Crippen molar-refractivity contribution in [3.63, 3.8) is 0 Å². The molecule has 0 radical (unpaired) electrons. The predicted octanol–water partition coefficient (Wildman–Crippen LogP) is 1.70. The van der Waals surface area contributed by atoms with Crippen molar-refractivity contribution in [1.29, 1.82) is 0 Å². The standard InChI is InChI=1S/C17H22N6O/c24-13-6-8-22(9-13)12-3-1-11(2-4-12)15-16-14-5-7-18-17(14)19-10-23(16)21-20-15/h5,7,10-13,18,24H,1-4,6,8-9H2/t11?,12?,13-/m0/s1. The Bertz CT molecular complexity index is 862. The highest BCUT2D eigenvalue weighted by atomic mass is 16.3. The average Bonchev–Trinajstić information content (AvgIpc) is 3.33. The minimum absolute atomic E-state index is 0.126. The highest BCUT2D eigenvalue weighted by Crippen LogP contribution is 2.37. The zero-order valence-corrected chi connectivity index (χ0v) is 13.6. The molecule has 7 nitrogen and oxygen atoms in total. The molecule has 1 saturated carbocycles. The monoisotopic (exact) mass is 326 g/mol. The average molecular weight is 326 g/mol. The number of aromatic nitrogens is 5. The minimum atomic E-state index is -0.126. The summed E-state index contributed by atoms with van der Waals surface area (Å²) in [5.41, 5.74) is 3.11. The molecule has 7 heteroatoms. The smallest absolute Gasteiger partial charge is 0.141 e. The van der Waals surface area contributed by atoms with Crippen molar-refractivity contribution < 1.29 is 5.11 Å². The normalized spacial score (nSPS) is 29.0. The van der Waals surface area contributed by atoms with E-state index in [2.05, 4.69) is 31.2 Å². The van der Waals surface area contributed by atoms with Crippen LogP contribution in [0.2, 0.25) is 0 Å². The van der Waals surface area contributed by atoms with E-state index in [-0.39, 0.29) is 6.10 Å². The van der Waals surface area contributed by atoms with Gasteiger partial charge in [0.15, 0.2) is 0 Å². The summed E-state index contributed by atoms with van der Waals surface area (Å²) >= 11 is 0. The second kappa shape index (κ2) is 5.53. The molecule has 1 aliphatic heterocycles. The van der Waals surface area contributed by atoms with E-state index in [0.29, 0.717) is 12.0 Å². The first kappa shape index (κ1) is 14.4. The van der Waals surface area contributed by atoms with Crippen molar-refractivity contribution in [2.45, 2.75) is 50.2 Å². The van der Waals surface area contributed by atoms with Crippen molar-refractivity contribution in [2.24, 2.45) is 0 Å². The lowest BCUT2D eigenvalue weighted by atomic mass is 9.83. The SMILES string of the molecule is O[C@H]1CCN(C2CCC(c3nnn4cnc5[nH]ccc5c34)CC2)C1. The number of aromatic amines is 1. The third-order valence-electron chi connectivity index (χ3n) is 5.79. The molecule has 3 aromatic heterocycles. The van der Waals surface area contributed by atoms with Crippen molar-refractivity contribution in [2.75, 3.05) is 13.1 Å². The fourth-order valence-electron chi connectivity index (χ4n) is 4.51. The maximum Gasteiger partial charge on any atom is 0.141 e. The van der Waals surface area contributed by atoms with Crippen LogP contribution in [0.3, 0.4) is 0 Å². The quantitative estimate of drug-likeness (QED) is 0.749. The van der Waals surface area contributed by atoms with Gasteiger partial charge in [-0.3, -0.25) is 4.90 Å². The Morgan fingerprint density at radius 2 is 2.04 bits per heavy atom. The van der Waals surface area contributed by atoms with Gasteiger partial charge >= 0.3 is 0 Å². The third-order valence-corrected chi connectivity index (χ3v) is 5.79. The largest absolute Gasteiger partial charge is 0.392 e. The highest BCUT2D eigenvalue weighted by molar-refractivity contribution is 5.92. The van der Waals surface area contributed by atoms with Gasteiger partial charge in [0.1, 0.15) is 17.5 Å². The molecule has 1 aliphatic carbocycles. The van der Waals surface area contributed by atoms with Crippen molar-refractivity contribution >= 4 is 16.6 Å². The number of fused-ring (bicyclic) bond motifs is 3. The number of rotatable bonds is 2. The van der Waals surface area contributed by atoms with Gasteiger partial charge in [0.25, 0.3) is 0 Å². The minimum Gasteiger partial charge on any atom is -0.392 e. The number of nitrogens with one attached hydrogen (secondary N) is 1. The van der Waals surface area contributed by atoms with Gasteiger partial charge in [0.05, 0.1) is 11.8 Å². The first-order chi connectivity index (χ1) is 11.8. The molecule has 0 spiro atoms. The summed E-state index contributed by atoms with van der Waals surface area (Å²) in [6.07, 6.45) is 9.09. The second-order valence-electron chi connectivity index (χ2n) is 7.20. The predicted molar refractivity (Wildman–Crippen MR) is 89.8 cm³/mol. The molecule has 0 bridgehead atoms. The Hall–Kier alpha value is -1.99. The molecule has 1 atom stereocenters. The van der Waals surface area contributed by atoms with Gasteiger partial charge in [0.2, 0.25) is 0 Å². The lowest BCUT2D eigenvalue weighted by Gasteiger charge is -2.34. The van der Waals surface area contributed by atoms with E-state index in [1.165, 1.54) is 12.8 Å². The van der Waals surface area contributed by atoms with E-state index in [1.54, 1.807) is 10.8 Å². The topological polar surface area (TPSA) is 82.3 Å². The second-order valence-corrected chi connectivity index (χ2v) is 7.20. The lowest BCUT2D eigenvalue weighted by molar-refractivity contribution is 0.138. The summed E-state index contributed by atoms with van der Waals surface area (Å²) in [4.78, 5) is 10.0. The summed E-state index contributed by atoms with van der Waals surface area (Å²) in [6.45, 7) is 1.89. The molecule has 2 fully saturated rings. The lowest BCUT2D eigenvalue weighted by Crippen LogP contribution is -2.36. The molecule has 3 aromatic rings. The molecule has 5 rings (SSSR count). The highest BCUT2D eigenvalue weighted by Gasteiger charge is 2.32. The molecule has 24 heavy (non-hydrogen) atoms. The zero-order valence-electron chi connectivity index (χ0n) is 13.6. The molecule has 0 amide bonds. The number of likely N-dealkylation sites (tertiary alicyclic amines) is 1. The van der Waals surface area contributed by atoms with E-state index < -0.39 is 0 Å². The van der Waals surface area contributed by atoms with E-state index in [1.807, 2.05) is 6.20 Å². The fraction of sp³-hybridized carbons (Fsp3) is 0.588. The van der Waals surface area contributed by atoms with Gasteiger partial charge in [-0.15, -0.1) is 5.10 Å². The van der Waals surface area contributed by atoms with Crippen LogP contribution in [0.5, 0.6) is 0 Å². The molecule has 2 aliphatic rings. The van der Waals surface area contributed by atoms with Crippen molar-refractivity contribution in [3.8, 4) is 0 Å². The van der Waals surface area contributed by atoms with Crippen molar-refractivity contribution in [1.82, 2.24) is 29.7 Å². The first-order valence-electron chi connectivity index (χ1n) is 8.88. The Kier molecular flexibility index (Phi) is 3.31. The molecule has 2 N–H and O–H groups in total. The number of β-amino-alcohol motifs (C(OH)–C–C–N with tert-alkyl or cyclic N) is 1. The summed E-state index contributed by atoms with van der Waals surface area (Å²) in [5.74, 6) is 0.465. The van der Waals surface area contributed by atoms with E-state index >= 15 is 0 Å². The number of aliphatic hydroxyl groups excluding tert-OH is 1. The van der Waals surface area contributed by atoms with Gasteiger partial charge in [-0.2, -0.15) is 0 Å². The Labute approximate surface area is 139 Å². The number of hydrogen-bond acceptors (Lipinski definition) is 5. The van der Waals surface area contributed by atoms with Gasteiger partial charge in [-0.25, -0.2) is 9.50 Å². The van der Waals surface area contributed by atoms with Crippen LogP contribution in [-0.4, -0.2) is 60.0 Å². The van der Waals surface area contributed by atoms with Gasteiger partial charge in [-0.1, -0.05) is 5.21 Å². The van der Waals surface area contributed by atoms with E-state index in [4.69, 9.17) is 0 Å². The first-order valence-corrected chi connectivity index (χ1v) is 8.88. The third kappa shape index (κ3) is 2.22. The maximum atomic E-state index is 9.76. The molecule has 126 valence electrons. The number of H-pyrrole nitrogens is 1. The Morgan fingerprint density at radius 3 is 2.83 bits per heavy atom. The van der Waals surface area contributed by atoms with E-state index in [0.717, 1.165) is 54.6 Å². The molecular formula is C17H22N6O. The molecule has 4 heterocycles. The number of nitrogens with zero attached hydrogens (tertiary/aromatic N) is 5. The van der Waals surface area contributed by atoms with Gasteiger partial charge in [0, 0.05) is 36.6 Å².